The molecule has 0 saturated heterocycles. The number of hydrogen-bond donors (Lipinski definition) is 0. The zero-order chi connectivity index (χ0) is 6.69. The second kappa shape index (κ2) is 5.31. The van der Waals surface area contributed by atoms with Crippen molar-refractivity contribution in [3.05, 3.63) is 21.1 Å². The molecule has 0 nitrogen and oxygen atoms in total. The molecule has 0 heterocycles. The van der Waals surface area contributed by atoms with Crippen LogP contribution in [0.25, 0.3) is 0 Å². The summed E-state index contributed by atoms with van der Waals surface area (Å²) < 4.78 is 3.31. The van der Waals surface area contributed by atoms with Crippen molar-refractivity contribution in [2.75, 3.05) is 0 Å². The van der Waals surface area contributed by atoms with Crippen LogP contribution in [0.3, 0.4) is 0 Å². The van der Waals surface area contributed by atoms with E-state index in [1.54, 1.807) is 5.57 Å². The van der Waals surface area contributed by atoms with E-state index < -0.39 is 0 Å². The largest absolute Gasteiger partial charge is 0.147 e. The minimum absolute atomic E-state index is 0. The van der Waals surface area contributed by atoms with Gasteiger partial charge in [-0.2, -0.15) is 0 Å². The monoisotopic (exact) mass is 324 g/mol. The van der Waals surface area contributed by atoms with E-state index >= 15 is 0 Å². The van der Waals surface area contributed by atoms with Crippen LogP contribution in [0.4, 0.5) is 0 Å². The molecule has 1 rings (SSSR count). The molecule has 10 heavy (non-hydrogen) atoms. The normalized spacial score (nSPS) is 15.4. The SMILES string of the molecule is C[CH2][Hf][C]1=C(C)C=CC1.Cl. The maximum absolute atomic E-state index is 2.32. The van der Waals surface area contributed by atoms with Gasteiger partial charge in [0.2, 0.25) is 0 Å². The van der Waals surface area contributed by atoms with Crippen LogP contribution in [0.5, 0.6) is 0 Å². The molecule has 0 atom stereocenters. The Bertz CT molecular complexity index is 159. The van der Waals surface area contributed by atoms with Crippen LogP contribution in [-0.2, 0) is 22.9 Å². The summed E-state index contributed by atoms with van der Waals surface area (Å²) >= 11 is -0.281. The Morgan fingerprint density at radius 1 is 1.60 bits per heavy atom. The fraction of sp³-hybridized carbons (Fsp3) is 0.500. The van der Waals surface area contributed by atoms with Gasteiger partial charge in [0.15, 0.2) is 0 Å². The smallest absolute Gasteiger partial charge is 0.147 e. The molecule has 1 aliphatic rings. The van der Waals surface area contributed by atoms with Crippen LogP contribution in [0.1, 0.15) is 20.3 Å². The zero-order valence-electron chi connectivity index (χ0n) is 6.48. The van der Waals surface area contributed by atoms with Gasteiger partial charge in [-0.1, -0.05) is 0 Å². The van der Waals surface area contributed by atoms with Gasteiger partial charge in [0, 0.05) is 0 Å². The number of rotatable bonds is 2. The van der Waals surface area contributed by atoms with Crippen molar-refractivity contribution in [1.29, 1.82) is 0 Å². The molecule has 56 valence electrons. The second-order valence-corrected chi connectivity index (χ2v) is 8.28. The van der Waals surface area contributed by atoms with E-state index in [0.717, 1.165) is 0 Å². The van der Waals surface area contributed by atoms with Gasteiger partial charge in [-0.25, -0.2) is 0 Å². The van der Waals surface area contributed by atoms with Gasteiger partial charge in [0.1, 0.15) is 0 Å². The summed E-state index contributed by atoms with van der Waals surface area (Å²) in [5, 5.41) is 0. The van der Waals surface area contributed by atoms with E-state index in [9.17, 15) is 0 Å². The van der Waals surface area contributed by atoms with E-state index in [1.165, 1.54) is 10.6 Å². The summed E-state index contributed by atoms with van der Waals surface area (Å²) in [6.45, 7) is 4.57. The third-order valence-corrected chi connectivity index (χ3v) is 6.51. The molecule has 0 unspecified atom stereocenters. The quantitative estimate of drug-likeness (QED) is 0.685. The third kappa shape index (κ3) is 2.71. The van der Waals surface area contributed by atoms with Gasteiger partial charge in [0.25, 0.3) is 0 Å². The Kier molecular flexibility index (Phi) is 5.65. The Morgan fingerprint density at radius 3 is 2.70 bits per heavy atom. The fourth-order valence-electron chi connectivity index (χ4n) is 1.04. The number of hydrogen-bond acceptors (Lipinski definition) is 0. The van der Waals surface area contributed by atoms with Crippen LogP contribution in [0, 0.1) is 0 Å². The standard InChI is InChI=1S/C6H7.C2H5.ClH.Hf/c1-6-4-2-3-5-6;1-2;;/h2,4H,3H2,1H3;1H2,2H3;1H;. The summed E-state index contributed by atoms with van der Waals surface area (Å²) in [6, 6.07) is 0. The van der Waals surface area contributed by atoms with Gasteiger partial charge in [-0.15, -0.1) is 12.4 Å². The molecule has 1 aliphatic carbocycles. The molecule has 0 spiro atoms. The van der Waals surface area contributed by atoms with Gasteiger partial charge >= 0.3 is 68.4 Å². The molecule has 0 aliphatic heterocycles. The maximum atomic E-state index is 2.32. The Labute approximate surface area is 80.5 Å². The van der Waals surface area contributed by atoms with Crippen LogP contribution >= 0.6 is 12.4 Å². The molecule has 0 saturated carbocycles. The van der Waals surface area contributed by atoms with Crippen LogP contribution in [-0.4, -0.2) is 0 Å². The van der Waals surface area contributed by atoms with Crippen molar-refractivity contribution >= 4 is 12.4 Å². The summed E-state index contributed by atoms with van der Waals surface area (Å²) in [6.07, 6.45) is 5.87. The Balaban J connectivity index is 0.000000810. The maximum Gasteiger partial charge on any atom is -0.147 e. The molecule has 0 aromatic rings. The Hall–Kier alpha value is 0.640. The molecule has 0 bridgehead atoms. The van der Waals surface area contributed by atoms with E-state index in [-0.39, 0.29) is 35.3 Å². The molecular weight excluding hydrogens is 310 g/mol. The summed E-state index contributed by atoms with van der Waals surface area (Å²) in [4.78, 5) is 0. The average Bonchev–Trinajstić information content (AvgIpc) is 2.18. The molecular formula is C8H13ClHf. The molecule has 0 N–H and O–H groups in total. The summed E-state index contributed by atoms with van der Waals surface area (Å²) in [5.41, 5.74) is 1.58. The minimum Gasteiger partial charge on any atom is -0.147 e. The molecule has 0 fully saturated rings. The topological polar surface area (TPSA) is 0 Å². The van der Waals surface area contributed by atoms with Crippen molar-refractivity contribution in [1.82, 2.24) is 0 Å². The molecule has 0 aromatic carbocycles. The van der Waals surface area contributed by atoms with Crippen LogP contribution in [0.2, 0.25) is 4.18 Å². The Morgan fingerprint density at radius 2 is 2.30 bits per heavy atom. The number of halogens is 1. The third-order valence-electron chi connectivity index (χ3n) is 1.56. The predicted octanol–water partition coefficient (Wildman–Crippen LogP) is 3.16. The van der Waals surface area contributed by atoms with Gasteiger partial charge < -0.3 is 0 Å². The molecule has 0 radical (unpaired) electrons. The summed E-state index contributed by atoms with van der Waals surface area (Å²) in [5.74, 6) is 0. The fourth-order valence-corrected chi connectivity index (χ4v) is 4.82. The van der Waals surface area contributed by atoms with Gasteiger partial charge in [-0.05, 0) is 0 Å². The van der Waals surface area contributed by atoms with Crippen molar-refractivity contribution in [3.8, 4) is 0 Å². The van der Waals surface area contributed by atoms with Crippen molar-refractivity contribution in [2.45, 2.75) is 24.4 Å². The first-order chi connectivity index (χ1) is 4.34. The van der Waals surface area contributed by atoms with Gasteiger partial charge in [0.05, 0.1) is 0 Å². The van der Waals surface area contributed by atoms with E-state index in [4.69, 9.17) is 0 Å². The number of allylic oxidation sites excluding steroid dienone is 4. The van der Waals surface area contributed by atoms with E-state index in [2.05, 4.69) is 26.0 Å². The second-order valence-electron chi connectivity index (χ2n) is 2.30. The molecule has 2 heteroatoms. The van der Waals surface area contributed by atoms with Crippen molar-refractivity contribution in [2.24, 2.45) is 0 Å². The predicted molar refractivity (Wildman–Crippen MR) is 44.2 cm³/mol. The average molecular weight is 323 g/mol. The summed E-state index contributed by atoms with van der Waals surface area (Å²) in [7, 11) is 0. The van der Waals surface area contributed by atoms with Crippen molar-refractivity contribution < 1.29 is 22.9 Å². The van der Waals surface area contributed by atoms with Crippen molar-refractivity contribution in [3.63, 3.8) is 0 Å². The first-order valence-electron chi connectivity index (χ1n) is 3.44. The first-order valence-corrected chi connectivity index (χ1v) is 7.78. The van der Waals surface area contributed by atoms with E-state index in [1.807, 2.05) is 3.33 Å². The van der Waals surface area contributed by atoms with Crippen LogP contribution < -0.4 is 0 Å². The van der Waals surface area contributed by atoms with Crippen LogP contribution in [0.15, 0.2) is 21.1 Å². The minimum atomic E-state index is -0.281. The van der Waals surface area contributed by atoms with Gasteiger partial charge in [-0.3, -0.25) is 0 Å². The molecule has 0 aromatic heterocycles. The zero-order valence-corrected chi connectivity index (χ0v) is 10.9. The first kappa shape index (κ1) is 10.6. The van der Waals surface area contributed by atoms with E-state index in [0.29, 0.717) is 0 Å². The molecule has 0 amide bonds.